The third-order valence-electron chi connectivity index (χ3n) is 3.61. The fourth-order valence-electron chi connectivity index (χ4n) is 2.69. The molecule has 1 aliphatic rings. The summed E-state index contributed by atoms with van der Waals surface area (Å²) >= 11 is 0. The van der Waals surface area contributed by atoms with Gasteiger partial charge in [0.2, 0.25) is 0 Å². The van der Waals surface area contributed by atoms with Gasteiger partial charge in [-0.3, -0.25) is 0 Å². The van der Waals surface area contributed by atoms with E-state index in [4.69, 9.17) is 0 Å². The maximum Gasteiger partial charge on any atom is 0.0514 e. The number of hydrogen-bond acceptors (Lipinski definition) is 1. The Morgan fingerprint density at radius 1 is 1.11 bits per heavy atom. The second-order valence-electron chi connectivity index (χ2n) is 5.02. The molecule has 0 aromatic heterocycles. The zero-order chi connectivity index (χ0) is 13.8. The molecule has 1 heterocycles. The number of benzene rings is 1. The highest BCUT2D eigenvalue weighted by molar-refractivity contribution is 5.74. The lowest BCUT2D eigenvalue weighted by molar-refractivity contribution is 0.484. The first kappa shape index (κ1) is 13.7. The molecule has 1 nitrogen and oxygen atoms in total. The van der Waals surface area contributed by atoms with Gasteiger partial charge in [-0.25, -0.2) is 0 Å². The quantitative estimate of drug-likeness (QED) is 0.730. The lowest BCUT2D eigenvalue weighted by atomic mass is 9.95. The largest absolute Gasteiger partial charge is 0.341 e. The van der Waals surface area contributed by atoms with Crippen molar-refractivity contribution >= 4 is 5.70 Å². The molecule has 0 unspecified atom stereocenters. The highest BCUT2D eigenvalue weighted by atomic mass is 15.2. The normalized spacial score (nSPS) is 15.8. The van der Waals surface area contributed by atoms with Crippen LogP contribution in [0.5, 0.6) is 0 Å². The van der Waals surface area contributed by atoms with Crippen molar-refractivity contribution in [1.82, 2.24) is 4.90 Å². The van der Waals surface area contributed by atoms with Gasteiger partial charge in [0.1, 0.15) is 0 Å². The van der Waals surface area contributed by atoms with E-state index in [1.165, 1.54) is 22.4 Å². The first-order valence-corrected chi connectivity index (χ1v) is 7.12. The fourth-order valence-corrected chi connectivity index (χ4v) is 2.69. The highest BCUT2D eigenvalue weighted by Gasteiger charge is 2.22. The van der Waals surface area contributed by atoms with Crippen molar-refractivity contribution in [3.05, 3.63) is 65.4 Å². The second-order valence-corrected chi connectivity index (χ2v) is 5.02. The van der Waals surface area contributed by atoms with Gasteiger partial charge in [-0.1, -0.05) is 56.8 Å². The van der Waals surface area contributed by atoms with E-state index in [0.29, 0.717) is 0 Å². The molecule has 0 atom stereocenters. The molecule has 2 rings (SSSR count). The number of rotatable bonds is 4. The van der Waals surface area contributed by atoms with Crippen LogP contribution in [0, 0.1) is 0 Å². The van der Waals surface area contributed by atoms with E-state index in [-0.39, 0.29) is 0 Å². The minimum atomic E-state index is 1.03. The topological polar surface area (TPSA) is 3.24 Å². The zero-order valence-corrected chi connectivity index (χ0v) is 12.2. The molecule has 1 aromatic carbocycles. The molecule has 0 amide bonds. The van der Waals surface area contributed by atoms with E-state index in [1.54, 1.807) is 0 Å². The Balaban J connectivity index is 2.52. The maximum absolute atomic E-state index is 4.30. The molecule has 0 spiro atoms. The van der Waals surface area contributed by atoms with Crippen LogP contribution in [0.2, 0.25) is 0 Å². The Morgan fingerprint density at radius 3 is 2.37 bits per heavy atom. The number of allylic oxidation sites excluding steroid dienone is 3. The van der Waals surface area contributed by atoms with Gasteiger partial charge in [0, 0.05) is 12.2 Å². The van der Waals surface area contributed by atoms with Gasteiger partial charge in [-0.2, -0.15) is 0 Å². The van der Waals surface area contributed by atoms with Gasteiger partial charge in [0.25, 0.3) is 0 Å². The lowest BCUT2D eigenvalue weighted by Gasteiger charge is -2.35. The van der Waals surface area contributed by atoms with Gasteiger partial charge in [-0.05, 0) is 36.5 Å². The summed E-state index contributed by atoms with van der Waals surface area (Å²) in [7, 11) is 0. The minimum Gasteiger partial charge on any atom is -0.341 e. The molecule has 0 aliphatic carbocycles. The van der Waals surface area contributed by atoms with Gasteiger partial charge in [-0.15, -0.1) is 0 Å². The monoisotopic (exact) mass is 253 g/mol. The molecule has 0 bridgehead atoms. The van der Waals surface area contributed by atoms with Crippen molar-refractivity contribution in [2.75, 3.05) is 6.54 Å². The van der Waals surface area contributed by atoms with E-state index in [1.807, 2.05) is 0 Å². The number of nitrogens with zero attached hydrogens (tertiary/aromatic N) is 1. The summed E-state index contributed by atoms with van der Waals surface area (Å²) in [5.41, 5.74) is 6.44. The Morgan fingerprint density at radius 2 is 1.79 bits per heavy atom. The summed E-state index contributed by atoms with van der Waals surface area (Å²) in [5.74, 6) is 0. The molecule has 100 valence electrons. The van der Waals surface area contributed by atoms with Gasteiger partial charge in [0.15, 0.2) is 0 Å². The Hall–Kier alpha value is -1.76. The Labute approximate surface area is 116 Å². The average Bonchev–Trinajstić information content (AvgIpc) is 2.44. The molecule has 0 saturated carbocycles. The third-order valence-corrected chi connectivity index (χ3v) is 3.61. The van der Waals surface area contributed by atoms with E-state index in [9.17, 15) is 0 Å². The van der Waals surface area contributed by atoms with Crippen LogP contribution in [0.3, 0.4) is 0 Å². The molecule has 1 heteroatoms. The molecule has 0 saturated heterocycles. The molecule has 0 fully saturated rings. The van der Waals surface area contributed by atoms with Crippen LogP contribution in [0.4, 0.5) is 0 Å². The van der Waals surface area contributed by atoms with Gasteiger partial charge >= 0.3 is 0 Å². The van der Waals surface area contributed by atoms with Crippen molar-refractivity contribution in [3.63, 3.8) is 0 Å². The van der Waals surface area contributed by atoms with Crippen molar-refractivity contribution in [2.24, 2.45) is 0 Å². The average molecular weight is 253 g/mol. The second kappa shape index (κ2) is 5.92. The Kier molecular flexibility index (Phi) is 4.26. The van der Waals surface area contributed by atoms with Crippen LogP contribution in [-0.2, 0) is 0 Å². The standard InChI is InChI=1S/C18H23N/c1-5-12-19-15(4)16(6-2)13-14(3)18(19)17-10-8-7-9-11-17/h7-11,13H,4-6,12H2,1-3H3. The van der Waals surface area contributed by atoms with E-state index >= 15 is 0 Å². The minimum absolute atomic E-state index is 1.03. The van der Waals surface area contributed by atoms with Gasteiger partial charge in [0.05, 0.1) is 5.70 Å². The first-order valence-electron chi connectivity index (χ1n) is 7.12. The van der Waals surface area contributed by atoms with E-state index in [2.05, 4.69) is 68.7 Å². The number of hydrogen-bond donors (Lipinski definition) is 0. The molecule has 1 aliphatic heterocycles. The fraction of sp³-hybridized carbons (Fsp3) is 0.333. The lowest BCUT2D eigenvalue weighted by Crippen LogP contribution is -2.26. The summed E-state index contributed by atoms with van der Waals surface area (Å²) in [6.45, 7) is 11.9. The van der Waals surface area contributed by atoms with Crippen LogP contribution in [-0.4, -0.2) is 11.4 Å². The molecular weight excluding hydrogens is 230 g/mol. The SMILES string of the molecule is C=C1C(CC)=CC(C)=C(c2ccccc2)N1CCC. The summed E-state index contributed by atoms with van der Waals surface area (Å²) in [6, 6.07) is 10.6. The van der Waals surface area contributed by atoms with E-state index < -0.39 is 0 Å². The smallest absolute Gasteiger partial charge is 0.0514 e. The molecule has 0 N–H and O–H groups in total. The molecule has 19 heavy (non-hydrogen) atoms. The van der Waals surface area contributed by atoms with Crippen molar-refractivity contribution in [1.29, 1.82) is 0 Å². The molecule has 1 aromatic rings. The van der Waals surface area contributed by atoms with Crippen LogP contribution in [0.1, 0.15) is 39.2 Å². The van der Waals surface area contributed by atoms with Crippen LogP contribution in [0.15, 0.2) is 59.8 Å². The first-order chi connectivity index (χ1) is 9.19. The summed E-state index contributed by atoms with van der Waals surface area (Å²) < 4.78 is 0. The third kappa shape index (κ3) is 2.65. The van der Waals surface area contributed by atoms with Crippen LogP contribution in [0.25, 0.3) is 5.70 Å². The highest BCUT2D eigenvalue weighted by Crippen LogP contribution is 2.35. The summed E-state index contributed by atoms with van der Waals surface area (Å²) in [6.07, 6.45) is 4.45. The predicted octanol–water partition coefficient (Wildman–Crippen LogP) is 4.99. The molecular formula is C18H23N. The Bertz CT molecular complexity index is 520. The van der Waals surface area contributed by atoms with Crippen molar-refractivity contribution in [2.45, 2.75) is 33.6 Å². The predicted molar refractivity (Wildman–Crippen MR) is 83.5 cm³/mol. The molecule has 0 radical (unpaired) electrons. The zero-order valence-electron chi connectivity index (χ0n) is 12.2. The van der Waals surface area contributed by atoms with Gasteiger partial charge < -0.3 is 4.90 Å². The van der Waals surface area contributed by atoms with Crippen LogP contribution < -0.4 is 0 Å². The van der Waals surface area contributed by atoms with E-state index in [0.717, 1.165) is 25.1 Å². The van der Waals surface area contributed by atoms with Crippen molar-refractivity contribution < 1.29 is 0 Å². The summed E-state index contributed by atoms with van der Waals surface area (Å²) in [5, 5.41) is 0. The van der Waals surface area contributed by atoms with Crippen LogP contribution >= 0.6 is 0 Å². The van der Waals surface area contributed by atoms with Crippen molar-refractivity contribution in [3.8, 4) is 0 Å². The summed E-state index contributed by atoms with van der Waals surface area (Å²) in [4.78, 5) is 2.38. The maximum atomic E-state index is 4.30.